The van der Waals surface area contributed by atoms with Crippen molar-refractivity contribution in [1.82, 2.24) is 20.3 Å². The number of nitrogen functional groups attached to an aromatic ring is 1. The Hall–Kier alpha value is -2.41. The molecule has 0 aliphatic carbocycles. The summed E-state index contributed by atoms with van der Waals surface area (Å²) in [5.74, 6) is -0.0750. The van der Waals surface area contributed by atoms with Crippen LogP contribution in [0.1, 0.15) is 35.8 Å². The molecule has 1 aromatic heterocycles. The van der Waals surface area contributed by atoms with Crippen LogP contribution in [0.5, 0.6) is 0 Å². The zero-order chi connectivity index (χ0) is 16.2. The Morgan fingerprint density at radius 3 is 3.04 bits per heavy atom. The third-order valence-corrected chi connectivity index (χ3v) is 4.04. The minimum Gasteiger partial charge on any atom is -0.382 e. The molecular formula is C16H21N5O2. The molecule has 1 atom stereocenters. The van der Waals surface area contributed by atoms with E-state index in [1.165, 1.54) is 4.68 Å². The van der Waals surface area contributed by atoms with E-state index in [-0.39, 0.29) is 23.5 Å². The number of nitrogens with one attached hydrogen (secondary N) is 1. The highest BCUT2D eigenvalue weighted by Crippen LogP contribution is 2.19. The van der Waals surface area contributed by atoms with E-state index in [9.17, 15) is 4.79 Å². The number of nitrogens with two attached hydrogens (primary N) is 1. The molecule has 0 radical (unpaired) electrons. The summed E-state index contributed by atoms with van der Waals surface area (Å²) in [6.07, 6.45) is 2.92. The van der Waals surface area contributed by atoms with E-state index in [0.29, 0.717) is 6.54 Å². The fourth-order valence-electron chi connectivity index (χ4n) is 2.74. The smallest absolute Gasteiger partial charge is 0.275 e. The van der Waals surface area contributed by atoms with E-state index < -0.39 is 0 Å². The molecule has 1 aliphatic heterocycles. The predicted molar refractivity (Wildman–Crippen MR) is 86.5 cm³/mol. The van der Waals surface area contributed by atoms with Crippen molar-refractivity contribution in [1.29, 1.82) is 0 Å². The summed E-state index contributed by atoms with van der Waals surface area (Å²) in [6, 6.07) is 7.79. The maximum Gasteiger partial charge on any atom is 0.275 e. The minimum atomic E-state index is -0.321. The Kier molecular flexibility index (Phi) is 4.57. The Labute approximate surface area is 134 Å². The fraction of sp³-hybridized carbons (Fsp3) is 0.438. The van der Waals surface area contributed by atoms with Crippen LogP contribution in [0.25, 0.3) is 5.69 Å². The Morgan fingerprint density at radius 2 is 2.30 bits per heavy atom. The van der Waals surface area contributed by atoms with Gasteiger partial charge < -0.3 is 15.8 Å². The van der Waals surface area contributed by atoms with Crippen LogP contribution < -0.4 is 11.1 Å². The number of nitrogens with zero attached hydrogens (tertiary/aromatic N) is 3. The fourth-order valence-corrected chi connectivity index (χ4v) is 2.74. The van der Waals surface area contributed by atoms with Gasteiger partial charge >= 0.3 is 0 Å². The molecule has 1 fully saturated rings. The highest BCUT2D eigenvalue weighted by atomic mass is 16.5. The van der Waals surface area contributed by atoms with Crippen molar-refractivity contribution in [2.24, 2.45) is 0 Å². The van der Waals surface area contributed by atoms with Crippen molar-refractivity contribution in [2.75, 3.05) is 18.9 Å². The van der Waals surface area contributed by atoms with Crippen LogP contribution in [0.2, 0.25) is 0 Å². The number of aryl methyl sites for hydroxylation is 1. The van der Waals surface area contributed by atoms with Gasteiger partial charge in [0, 0.05) is 13.2 Å². The van der Waals surface area contributed by atoms with Crippen LogP contribution >= 0.6 is 0 Å². The summed E-state index contributed by atoms with van der Waals surface area (Å²) >= 11 is 0. The molecule has 1 aromatic carbocycles. The van der Waals surface area contributed by atoms with Crippen LogP contribution in [0.15, 0.2) is 24.3 Å². The molecule has 3 rings (SSSR count). The summed E-state index contributed by atoms with van der Waals surface area (Å²) in [6.45, 7) is 3.28. The van der Waals surface area contributed by atoms with Crippen molar-refractivity contribution in [3.63, 3.8) is 0 Å². The summed E-state index contributed by atoms with van der Waals surface area (Å²) in [4.78, 5) is 12.3. The second-order valence-electron chi connectivity index (χ2n) is 5.56. The van der Waals surface area contributed by atoms with E-state index in [1.54, 1.807) is 0 Å². The molecule has 7 nitrogen and oxygen atoms in total. The zero-order valence-electron chi connectivity index (χ0n) is 13.2. The molecule has 0 spiro atoms. The summed E-state index contributed by atoms with van der Waals surface area (Å²) in [7, 11) is 0. The number of hydrogen-bond acceptors (Lipinski definition) is 5. The molecule has 1 aliphatic rings. The van der Waals surface area contributed by atoms with Gasteiger partial charge in [-0.1, -0.05) is 30.3 Å². The van der Waals surface area contributed by atoms with Gasteiger partial charge in [0.25, 0.3) is 5.91 Å². The molecule has 2 heterocycles. The monoisotopic (exact) mass is 315 g/mol. The van der Waals surface area contributed by atoms with Crippen LogP contribution in [0, 0.1) is 0 Å². The predicted octanol–water partition coefficient (Wildman–Crippen LogP) is 1.32. The van der Waals surface area contributed by atoms with Gasteiger partial charge in [0.1, 0.15) is 0 Å². The first-order valence-electron chi connectivity index (χ1n) is 7.90. The number of benzene rings is 1. The quantitative estimate of drug-likeness (QED) is 0.867. The average Bonchev–Trinajstić information content (AvgIpc) is 3.22. The number of rotatable bonds is 5. The van der Waals surface area contributed by atoms with Crippen molar-refractivity contribution >= 4 is 11.7 Å². The van der Waals surface area contributed by atoms with Gasteiger partial charge in [0.15, 0.2) is 11.5 Å². The van der Waals surface area contributed by atoms with Gasteiger partial charge in [0.05, 0.1) is 11.8 Å². The van der Waals surface area contributed by atoms with Gasteiger partial charge in [-0.25, -0.2) is 0 Å². The molecular weight excluding hydrogens is 294 g/mol. The number of carbonyl (C=O) groups is 1. The number of aromatic nitrogens is 3. The van der Waals surface area contributed by atoms with E-state index >= 15 is 0 Å². The Balaban J connectivity index is 1.77. The Bertz CT molecular complexity index is 692. The van der Waals surface area contributed by atoms with Crippen molar-refractivity contribution in [2.45, 2.75) is 32.3 Å². The molecule has 0 saturated carbocycles. The van der Waals surface area contributed by atoms with Crippen LogP contribution in [0.4, 0.5) is 5.82 Å². The van der Waals surface area contributed by atoms with E-state index in [0.717, 1.165) is 37.1 Å². The van der Waals surface area contributed by atoms with Crippen molar-refractivity contribution in [3.8, 4) is 5.69 Å². The largest absolute Gasteiger partial charge is 0.382 e. The second-order valence-corrected chi connectivity index (χ2v) is 5.56. The SMILES string of the molecule is CCc1ccccc1-n1nnc(C(=O)NC[C@@H]2CCCO2)c1N. The number of anilines is 1. The first kappa shape index (κ1) is 15.5. The summed E-state index contributed by atoms with van der Waals surface area (Å²) in [5, 5.41) is 10.8. The number of hydrogen-bond donors (Lipinski definition) is 2. The third-order valence-electron chi connectivity index (χ3n) is 4.04. The third kappa shape index (κ3) is 3.19. The summed E-state index contributed by atoms with van der Waals surface area (Å²) in [5.41, 5.74) is 8.18. The number of amides is 1. The van der Waals surface area contributed by atoms with Gasteiger partial charge in [-0.3, -0.25) is 4.79 Å². The minimum absolute atomic E-state index is 0.0797. The number of para-hydroxylation sites is 1. The van der Waals surface area contributed by atoms with E-state index in [2.05, 4.69) is 22.6 Å². The molecule has 2 aromatic rings. The van der Waals surface area contributed by atoms with Gasteiger partial charge in [-0.05, 0) is 30.9 Å². The lowest BCUT2D eigenvalue weighted by molar-refractivity contribution is 0.0854. The second kappa shape index (κ2) is 6.78. The molecule has 7 heteroatoms. The number of carbonyl (C=O) groups excluding carboxylic acids is 1. The van der Waals surface area contributed by atoms with Gasteiger partial charge in [0.2, 0.25) is 0 Å². The first-order chi connectivity index (χ1) is 11.2. The molecule has 1 amide bonds. The molecule has 1 saturated heterocycles. The highest BCUT2D eigenvalue weighted by Gasteiger charge is 2.21. The molecule has 3 N–H and O–H groups in total. The lowest BCUT2D eigenvalue weighted by Gasteiger charge is -2.10. The lowest BCUT2D eigenvalue weighted by atomic mass is 10.1. The molecule has 0 bridgehead atoms. The topological polar surface area (TPSA) is 95.1 Å². The van der Waals surface area contributed by atoms with Crippen molar-refractivity contribution < 1.29 is 9.53 Å². The molecule has 23 heavy (non-hydrogen) atoms. The molecule has 122 valence electrons. The van der Waals surface area contributed by atoms with E-state index in [4.69, 9.17) is 10.5 Å². The summed E-state index contributed by atoms with van der Waals surface area (Å²) < 4.78 is 7.00. The Morgan fingerprint density at radius 1 is 1.48 bits per heavy atom. The van der Waals surface area contributed by atoms with E-state index in [1.807, 2.05) is 24.3 Å². The van der Waals surface area contributed by atoms with Crippen LogP contribution in [-0.2, 0) is 11.2 Å². The zero-order valence-corrected chi connectivity index (χ0v) is 13.2. The lowest BCUT2D eigenvalue weighted by Crippen LogP contribution is -2.32. The van der Waals surface area contributed by atoms with Crippen LogP contribution in [-0.4, -0.2) is 40.2 Å². The molecule has 0 unspecified atom stereocenters. The highest BCUT2D eigenvalue weighted by molar-refractivity contribution is 5.96. The number of ether oxygens (including phenoxy) is 1. The first-order valence-corrected chi connectivity index (χ1v) is 7.90. The standard InChI is InChI=1S/C16H21N5O2/c1-2-11-6-3-4-8-13(11)21-15(17)14(19-20-21)16(22)18-10-12-7-5-9-23-12/h3-4,6,8,12H,2,5,7,9-10,17H2,1H3,(H,18,22)/t12-/m0/s1. The van der Waals surface area contributed by atoms with Gasteiger partial charge in [-0.15, -0.1) is 5.10 Å². The average molecular weight is 315 g/mol. The van der Waals surface area contributed by atoms with Crippen molar-refractivity contribution in [3.05, 3.63) is 35.5 Å². The maximum atomic E-state index is 12.3. The van der Waals surface area contributed by atoms with Gasteiger partial charge in [-0.2, -0.15) is 4.68 Å². The normalized spacial score (nSPS) is 17.3. The maximum absolute atomic E-state index is 12.3. The van der Waals surface area contributed by atoms with Crippen LogP contribution in [0.3, 0.4) is 0 Å².